The Morgan fingerprint density at radius 3 is 2.60 bits per heavy atom. The predicted octanol–water partition coefficient (Wildman–Crippen LogP) is 0.322. The van der Waals surface area contributed by atoms with Gasteiger partial charge in [-0.2, -0.15) is 0 Å². The number of hydrogen-bond donors (Lipinski definition) is 3. The van der Waals surface area contributed by atoms with E-state index in [1.807, 2.05) is 6.07 Å². The van der Waals surface area contributed by atoms with Crippen molar-refractivity contribution in [2.24, 2.45) is 0 Å². The lowest BCUT2D eigenvalue weighted by molar-refractivity contribution is -0.137. The lowest BCUT2D eigenvalue weighted by Crippen LogP contribution is -2.37. The van der Waals surface area contributed by atoms with Crippen LogP contribution in [0.4, 0.5) is 0 Å². The molecule has 1 amide bonds. The van der Waals surface area contributed by atoms with Crippen molar-refractivity contribution in [3.05, 3.63) is 30.3 Å². The van der Waals surface area contributed by atoms with Gasteiger partial charge in [0.2, 0.25) is 0 Å². The first-order valence-corrected chi connectivity index (χ1v) is 4.54. The minimum atomic E-state index is -0.887. The molecule has 0 saturated heterocycles. The number of hydroxylamine groups is 1. The molecule has 5 heteroatoms. The largest absolute Gasteiger partial charge is 0.480 e. The maximum atomic E-state index is 11.1. The van der Waals surface area contributed by atoms with Crippen molar-refractivity contribution in [3.63, 3.8) is 0 Å². The van der Waals surface area contributed by atoms with Gasteiger partial charge in [0.25, 0.3) is 5.91 Å². The average molecular weight is 211 g/mol. The van der Waals surface area contributed by atoms with Crippen LogP contribution >= 0.6 is 0 Å². The second kappa shape index (κ2) is 6.00. The Hall–Kier alpha value is -1.59. The number of benzene rings is 1. The second-order valence-corrected chi connectivity index (χ2v) is 2.91. The van der Waals surface area contributed by atoms with E-state index in [1.165, 1.54) is 5.48 Å². The fraction of sp³-hybridized carbons (Fsp3) is 0.300. The minimum Gasteiger partial charge on any atom is -0.480 e. The number of carbonyl (C=O) groups excluding carboxylic acids is 1. The molecule has 0 aliphatic rings. The Bertz CT molecular complexity index is 302. The lowest BCUT2D eigenvalue weighted by Gasteiger charge is -2.15. The lowest BCUT2D eigenvalue weighted by atomic mass is 10.2. The van der Waals surface area contributed by atoms with E-state index in [-0.39, 0.29) is 13.0 Å². The first-order valence-electron chi connectivity index (χ1n) is 4.54. The highest BCUT2D eigenvalue weighted by molar-refractivity contribution is 5.79. The molecule has 0 aliphatic heterocycles. The van der Waals surface area contributed by atoms with Gasteiger partial charge in [-0.3, -0.25) is 10.0 Å². The molecule has 15 heavy (non-hydrogen) atoms. The van der Waals surface area contributed by atoms with Crippen LogP contribution in [0.5, 0.6) is 5.75 Å². The van der Waals surface area contributed by atoms with Crippen molar-refractivity contribution in [2.75, 3.05) is 6.61 Å². The third-order valence-electron chi connectivity index (χ3n) is 1.82. The number of nitrogens with one attached hydrogen (secondary N) is 1. The Morgan fingerprint density at radius 2 is 2.07 bits per heavy atom. The molecule has 3 N–H and O–H groups in total. The van der Waals surface area contributed by atoms with Gasteiger partial charge in [0.15, 0.2) is 6.10 Å². The summed E-state index contributed by atoms with van der Waals surface area (Å²) in [4.78, 5) is 11.1. The van der Waals surface area contributed by atoms with E-state index in [9.17, 15) is 4.79 Å². The molecule has 0 aliphatic carbocycles. The van der Waals surface area contributed by atoms with Crippen LogP contribution < -0.4 is 10.2 Å². The van der Waals surface area contributed by atoms with Crippen LogP contribution in [0.25, 0.3) is 0 Å². The van der Waals surface area contributed by atoms with Crippen LogP contribution in [0.1, 0.15) is 6.42 Å². The zero-order valence-corrected chi connectivity index (χ0v) is 8.09. The fourth-order valence-electron chi connectivity index (χ4n) is 1.10. The Balaban J connectivity index is 2.62. The maximum Gasteiger partial charge on any atom is 0.284 e. The zero-order valence-electron chi connectivity index (χ0n) is 8.09. The summed E-state index contributed by atoms with van der Waals surface area (Å²) < 4.78 is 5.28. The third kappa shape index (κ3) is 3.57. The number of ether oxygens (including phenoxy) is 1. The van der Waals surface area contributed by atoms with E-state index in [4.69, 9.17) is 15.1 Å². The molecule has 0 saturated carbocycles. The van der Waals surface area contributed by atoms with Gasteiger partial charge in [-0.15, -0.1) is 0 Å². The van der Waals surface area contributed by atoms with Crippen molar-refractivity contribution in [2.45, 2.75) is 12.5 Å². The molecule has 1 unspecified atom stereocenters. The summed E-state index contributed by atoms with van der Waals surface area (Å²) in [5.41, 5.74) is 1.50. The first-order chi connectivity index (χ1) is 7.27. The molecule has 5 nitrogen and oxygen atoms in total. The molecule has 0 spiro atoms. The molecular formula is C10H13NO4. The van der Waals surface area contributed by atoms with Gasteiger partial charge in [0.1, 0.15) is 5.75 Å². The van der Waals surface area contributed by atoms with Crippen LogP contribution in [-0.4, -0.2) is 28.9 Å². The van der Waals surface area contributed by atoms with Crippen molar-refractivity contribution in [1.29, 1.82) is 0 Å². The van der Waals surface area contributed by atoms with Gasteiger partial charge in [-0.1, -0.05) is 18.2 Å². The van der Waals surface area contributed by atoms with Crippen molar-refractivity contribution in [3.8, 4) is 5.75 Å². The van der Waals surface area contributed by atoms with Crippen molar-refractivity contribution in [1.82, 2.24) is 5.48 Å². The van der Waals surface area contributed by atoms with Gasteiger partial charge < -0.3 is 9.84 Å². The molecular weight excluding hydrogens is 198 g/mol. The topological polar surface area (TPSA) is 78.8 Å². The number of rotatable bonds is 5. The van der Waals surface area contributed by atoms with Crippen molar-refractivity contribution < 1.29 is 19.8 Å². The molecule has 0 heterocycles. The molecule has 1 rings (SSSR count). The van der Waals surface area contributed by atoms with E-state index in [0.717, 1.165) is 0 Å². The zero-order chi connectivity index (χ0) is 11.1. The molecule has 0 fully saturated rings. The van der Waals surface area contributed by atoms with E-state index in [0.29, 0.717) is 5.75 Å². The average Bonchev–Trinajstić information content (AvgIpc) is 2.29. The van der Waals surface area contributed by atoms with Crippen LogP contribution in [-0.2, 0) is 4.79 Å². The molecule has 0 bridgehead atoms. The molecule has 1 atom stereocenters. The van der Waals surface area contributed by atoms with E-state index in [1.54, 1.807) is 24.3 Å². The van der Waals surface area contributed by atoms with Gasteiger partial charge >= 0.3 is 0 Å². The van der Waals surface area contributed by atoms with Gasteiger partial charge in [-0.05, 0) is 12.1 Å². The monoisotopic (exact) mass is 211 g/mol. The number of aliphatic hydroxyl groups is 1. The smallest absolute Gasteiger partial charge is 0.284 e. The summed E-state index contributed by atoms with van der Waals surface area (Å²) >= 11 is 0. The van der Waals surface area contributed by atoms with E-state index < -0.39 is 12.0 Å². The Labute approximate surface area is 87.3 Å². The summed E-state index contributed by atoms with van der Waals surface area (Å²) in [7, 11) is 0. The highest BCUT2D eigenvalue weighted by Gasteiger charge is 2.18. The van der Waals surface area contributed by atoms with Crippen LogP contribution in [0.2, 0.25) is 0 Å². The van der Waals surface area contributed by atoms with E-state index in [2.05, 4.69) is 0 Å². The molecule has 0 radical (unpaired) electrons. The van der Waals surface area contributed by atoms with Crippen LogP contribution in [0, 0.1) is 0 Å². The molecule has 1 aromatic carbocycles. The van der Waals surface area contributed by atoms with Gasteiger partial charge in [-0.25, -0.2) is 5.48 Å². The second-order valence-electron chi connectivity index (χ2n) is 2.91. The summed E-state index contributed by atoms with van der Waals surface area (Å²) in [6, 6.07) is 8.73. The summed E-state index contributed by atoms with van der Waals surface area (Å²) in [5, 5.41) is 17.2. The summed E-state index contributed by atoms with van der Waals surface area (Å²) in [6.45, 7) is -0.190. The Kier molecular flexibility index (Phi) is 4.59. The van der Waals surface area contributed by atoms with Gasteiger partial charge in [0, 0.05) is 13.0 Å². The predicted molar refractivity (Wildman–Crippen MR) is 52.5 cm³/mol. The third-order valence-corrected chi connectivity index (χ3v) is 1.82. The van der Waals surface area contributed by atoms with E-state index >= 15 is 0 Å². The standard InChI is InChI=1S/C10H13NO4/c12-7-6-9(10(13)11-14)15-8-4-2-1-3-5-8/h1-5,9,12,14H,6-7H2,(H,11,13). The SMILES string of the molecule is O=C(NO)C(CCO)Oc1ccccc1. The first kappa shape index (κ1) is 11.5. The number of hydrogen-bond acceptors (Lipinski definition) is 4. The fourth-order valence-corrected chi connectivity index (χ4v) is 1.10. The molecule has 0 aromatic heterocycles. The van der Waals surface area contributed by atoms with Crippen LogP contribution in [0.3, 0.4) is 0 Å². The normalized spacial score (nSPS) is 11.9. The summed E-state index contributed by atoms with van der Waals surface area (Å²) in [6.07, 6.45) is -0.760. The minimum absolute atomic E-state index is 0.126. The van der Waals surface area contributed by atoms with Gasteiger partial charge in [0.05, 0.1) is 0 Å². The Morgan fingerprint density at radius 1 is 1.40 bits per heavy atom. The molecule has 82 valence electrons. The quantitative estimate of drug-likeness (QED) is 0.484. The van der Waals surface area contributed by atoms with Crippen LogP contribution in [0.15, 0.2) is 30.3 Å². The molecule has 1 aromatic rings. The number of amides is 1. The van der Waals surface area contributed by atoms with Crippen molar-refractivity contribution >= 4 is 5.91 Å². The highest BCUT2D eigenvalue weighted by Crippen LogP contribution is 2.12. The summed E-state index contributed by atoms with van der Waals surface area (Å²) in [5.74, 6) is -0.160. The number of aliphatic hydroxyl groups excluding tert-OH is 1. The highest BCUT2D eigenvalue weighted by atomic mass is 16.5. The number of carbonyl (C=O) groups is 1. The number of para-hydroxylation sites is 1. The maximum absolute atomic E-state index is 11.1.